The third-order valence-corrected chi connectivity index (χ3v) is 7.55. The minimum absolute atomic E-state index is 0.0209. The molecule has 2 aliphatic rings. The van der Waals surface area contributed by atoms with Crippen LogP contribution in [0.3, 0.4) is 0 Å². The highest BCUT2D eigenvalue weighted by Gasteiger charge is 2.47. The molecule has 9 heteroatoms. The molecule has 2 aliphatic heterocycles. The van der Waals surface area contributed by atoms with Crippen LogP contribution in [0.25, 0.3) is 0 Å². The molecule has 2 aromatic carbocycles. The minimum atomic E-state index is -1.45. The monoisotopic (exact) mass is 453 g/mol. The second-order valence-corrected chi connectivity index (χ2v) is 9.64. The van der Waals surface area contributed by atoms with E-state index in [4.69, 9.17) is 23.2 Å². The molecule has 1 spiro atoms. The number of phenolic OH excluding ortho intramolecular Hbond substituents is 1. The molecule has 2 heterocycles. The zero-order valence-corrected chi connectivity index (χ0v) is 17.9. The molecule has 0 saturated carbocycles. The van der Waals surface area contributed by atoms with Crippen LogP contribution in [0.4, 0.5) is 0 Å². The largest absolute Gasteiger partial charge is 0.505 e. The summed E-state index contributed by atoms with van der Waals surface area (Å²) in [6.45, 7) is 2.15. The summed E-state index contributed by atoms with van der Waals surface area (Å²) in [6.07, 6.45) is 1.33. The Morgan fingerprint density at radius 3 is 2.34 bits per heavy atom. The van der Waals surface area contributed by atoms with Crippen molar-refractivity contribution in [2.24, 2.45) is 0 Å². The van der Waals surface area contributed by atoms with Crippen molar-refractivity contribution >= 4 is 40.1 Å². The molecule has 1 atom stereocenters. The molecule has 29 heavy (non-hydrogen) atoms. The number of rotatable bonds is 4. The van der Waals surface area contributed by atoms with E-state index in [9.17, 15) is 14.1 Å². The summed E-state index contributed by atoms with van der Waals surface area (Å²) < 4.78 is 14.8. The molecule has 6 nitrogen and oxygen atoms in total. The first-order valence-corrected chi connectivity index (χ1v) is 11.2. The van der Waals surface area contributed by atoms with Gasteiger partial charge in [-0.25, -0.2) is 8.51 Å². The summed E-state index contributed by atoms with van der Waals surface area (Å²) in [6, 6.07) is 13.0. The zero-order chi connectivity index (χ0) is 20.6. The average molecular weight is 454 g/mol. The number of hydrogen-bond acceptors (Lipinski definition) is 4. The average Bonchev–Trinajstić information content (AvgIpc) is 3.01. The fraction of sp³-hybridized carbons (Fsp3) is 0.350. The van der Waals surface area contributed by atoms with Crippen LogP contribution in [0.2, 0.25) is 10.0 Å². The second kappa shape index (κ2) is 8.24. The molecule has 0 bridgehead atoms. The molecule has 2 saturated heterocycles. The highest BCUT2D eigenvalue weighted by molar-refractivity contribution is 7.82. The van der Waals surface area contributed by atoms with Gasteiger partial charge >= 0.3 is 0 Å². The lowest BCUT2D eigenvalue weighted by Gasteiger charge is -2.43. The van der Waals surface area contributed by atoms with Crippen LogP contribution in [0.15, 0.2) is 47.4 Å². The molecule has 0 aliphatic carbocycles. The smallest absolute Gasteiger partial charge is 0.235 e. The van der Waals surface area contributed by atoms with E-state index in [1.54, 1.807) is 0 Å². The Morgan fingerprint density at radius 1 is 1.10 bits per heavy atom. The van der Waals surface area contributed by atoms with Gasteiger partial charge in [-0.3, -0.25) is 9.69 Å². The van der Waals surface area contributed by atoms with Crippen molar-refractivity contribution in [1.82, 2.24) is 14.5 Å². The third kappa shape index (κ3) is 4.15. The minimum Gasteiger partial charge on any atom is -0.505 e. The topological polar surface area (TPSA) is 72.9 Å². The lowest BCUT2D eigenvalue weighted by molar-refractivity contribution is -0.119. The fourth-order valence-electron chi connectivity index (χ4n) is 3.97. The van der Waals surface area contributed by atoms with Crippen LogP contribution in [0, 0.1) is 0 Å². The summed E-state index contributed by atoms with van der Waals surface area (Å²) in [7, 11) is -1.45. The van der Waals surface area contributed by atoms with Crippen LogP contribution >= 0.6 is 23.2 Å². The maximum atomic E-state index is 13.0. The van der Waals surface area contributed by atoms with E-state index in [-0.39, 0.29) is 21.7 Å². The summed E-state index contributed by atoms with van der Waals surface area (Å²) >= 11 is 11.9. The van der Waals surface area contributed by atoms with Crippen molar-refractivity contribution in [3.05, 3.63) is 58.1 Å². The van der Waals surface area contributed by atoms with Crippen molar-refractivity contribution in [1.29, 1.82) is 0 Å². The highest BCUT2D eigenvalue weighted by atomic mass is 35.5. The fourth-order valence-corrected chi connectivity index (χ4v) is 5.84. The van der Waals surface area contributed by atoms with Gasteiger partial charge in [-0.15, -0.1) is 0 Å². The van der Waals surface area contributed by atoms with Gasteiger partial charge in [0.15, 0.2) is 5.75 Å². The van der Waals surface area contributed by atoms with Gasteiger partial charge in [0.05, 0.1) is 27.1 Å². The van der Waals surface area contributed by atoms with Gasteiger partial charge in [0.2, 0.25) is 5.91 Å². The van der Waals surface area contributed by atoms with E-state index in [0.29, 0.717) is 43.9 Å². The van der Waals surface area contributed by atoms with E-state index in [2.05, 4.69) is 22.3 Å². The Kier molecular flexibility index (Phi) is 5.86. The molecule has 0 aromatic heterocycles. The van der Waals surface area contributed by atoms with Gasteiger partial charge in [-0.2, -0.15) is 0 Å². The molecule has 1 amide bonds. The number of aromatic hydroxyl groups is 1. The Morgan fingerprint density at radius 2 is 1.72 bits per heavy atom. The Balaban J connectivity index is 1.47. The molecule has 2 aromatic rings. The first-order valence-electron chi connectivity index (χ1n) is 9.33. The number of piperidine rings is 1. The number of nitrogens with one attached hydrogen (secondary N) is 1. The lowest BCUT2D eigenvalue weighted by Crippen LogP contribution is -2.58. The molecule has 2 N–H and O–H groups in total. The van der Waals surface area contributed by atoms with Gasteiger partial charge in [0.25, 0.3) is 0 Å². The zero-order valence-electron chi connectivity index (χ0n) is 15.6. The molecule has 154 valence electrons. The number of hydrogen-bond donors (Lipinski definition) is 2. The summed E-state index contributed by atoms with van der Waals surface area (Å²) in [5.74, 6) is -0.190. The summed E-state index contributed by atoms with van der Waals surface area (Å²) in [5.41, 5.74) is 0.737. The first-order chi connectivity index (χ1) is 13.9. The summed E-state index contributed by atoms with van der Waals surface area (Å²) in [5, 5.41) is 13.0. The number of amides is 1. The summed E-state index contributed by atoms with van der Waals surface area (Å²) in [4.78, 5) is 14.8. The molecule has 0 radical (unpaired) electrons. The number of nitrogens with zero attached hydrogens (tertiary/aromatic N) is 2. The quantitative estimate of drug-likeness (QED) is 0.745. The maximum absolute atomic E-state index is 13.0. The number of carbonyl (C=O) groups excluding carboxylic acids is 1. The van der Waals surface area contributed by atoms with Crippen LogP contribution in [-0.4, -0.2) is 49.7 Å². The normalized spacial score (nSPS) is 20.7. The van der Waals surface area contributed by atoms with E-state index in [1.165, 1.54) is 12.1 Å². The van der Waals surface area contributed by atoms with Crippen molar-refractivity contribution in [3.8, 4) is 5.75 Å². The Labute approximate surface area is 182 Å². The second-order valence-electron chi connectivity index (χ2n) is 7.34. The molecule has 1 unspecified atom stereocenters. The van der Waals surface area contributed by atoms with Gasteiger partial charge in [-0.1, -0.05) is 53.5 Å². The van der Waals surface area contributed by atoms with Crippen LogP contribution in [-0.2, 0) is 22.3 Å². The van der Waals surface area contributed by atoms with Gasteiger partial charge in [-0.05, 0) is 30.5 Å². The van der Waals surface area contributed by atoms with Gasteiger partial charge in [0, 0.05) is 19.6 Å². The van der Waals surface area contributed by atoms with Crippen LogP contribution in [0.1, 0.15) is 18.4 Å². The Bertz CT molecular complexity index is 926. The number of benzene rings is 2. The molecule has 2 fully saturated rings. The standard InChI is InChI=1S/C20H21Cl2N3O3S/c21-16-10-15(11-17(22)19(16)27)29(28)25-8-6-20(7-9-25)23-18(26)13-24(20)12-14-4-2-1-3-5-14/h1-5,10-11,27H,6-9,12-13H2,(H,23,26). The van der Waals surface area contributed by atoms with Gasteiger partial charge in [0.1, 0.15) is 11.0 Å². The molecular weight excluding hydrogens is 433 g/mol. The van der Waals surface area contributed by atoms with E-state index in [0.717, 1.165) is 5.56 Å². The maximum Gasteiger partial charge on any atom is 0.235 e. The third-order valence-electron chi connectivity index (χ3n) is 5.50. The first kappa shape index (κ1) is 20.6. The lowest BCUT2D eigenvalue weighted by atomic mass is 9.97. The van der Waals surface area contributed by atoms with E-state index in [1.807, 2.05) is 22.5 Å². The van der Waals surface area contributed by atoms with Crippen LogP contribution in [0.5, 0.6) is 5.75 Å². The number of carbonyl (C=O) groups is 1. The predicted molar refractivity (Wildman–Crippen MR) is 113 cm³/mol. The Hall–Kier alpha value is -1.64. The highest BCUT2D eigenvalue weighted by Crippen LogP contribution is 2.36. The molecule has 4 rings (SSSR count). The predicted octanol–water partition coefficient (Wildman–Crippen LogP) is 3.15. The number of halogens is 2. The van der Waals surface area contributed by atoms with E-state index < -0.39 is 16.6 Å². The molecular formula is C20H21Cl2N3O3S. The van der Waals surface area contributed by atoms with Crippen molar-refractivity contribution < 1.29 is 14.1 Å². The van der Waals surface area contributed by atoms with Crippen LogP contribution < -0.4 is 5.32 Å². The number of phenols is 1. The SMILES string of the molecule is O=C1CN(Cc2ccccc2)C2(CCN(S(=O)c3cc(Cl)c(O)c(Cl)c3)CC2)N1. The van der Waals surface area contributed by atoms with Crippen molar-refractivity contribution in [3.63, 3.8) is 0 Å². The van der Waals surface area contributed by atoms with Gasteiger partial charge < -0.3 is 10.4 Å². The van der Waals surface area contributed by atoms with Crippen molar-refractivity contribution in [2.45, 2.75) is 29.9 Å². The van der Waals surface area contributed by atoms with Crippen molar-refractivity contribution in [2.75, 3.05) is 19.6 Å². The van der Waals surface area contributed by atoms with E-state index >= 15 is 0 Å².